The molecule has 6 nitrogen and oxygen atoms in total. The zero-order valence-corrected chi connectivity index (χ0v) is 11.1. The molecule has 0 saturated heterocycles. The summed E-state index contributed by atoms with van der Waals surface area (Å²) in [5.74, 6) is -0.750. The van der Waals surface area contributed by atoms with Crippen molar-refractivity contribution >= 4 is 28.8 Å². The molecular weight excluding hydrogens is 264 g/mol. The topological polar surface area (TPSA) is 101 Å². The van der Waals surface area contributed by atoms with Crippen LogP contribution in [0.4, 0.5) is 11.5 Å². The van der Waals surface area contributed by atoms with Gasteiger partial charge in [-0.05, 0) is 12.5 Å². The van der Waals surface area contributed by atoms with Crippen LogP contribution in [0.1, 0.15) is 34.8 Å². The second-order valence-electron chi connectivity index (χ2n) is 3.95. The Morgan fingerprint density at radius 2 is 2.37 bits per heavy atom. The third kappa shape index (κ3) is 3.00. The number of nitrogen functional groups attached to an aromatic ring is 1. The minimum atomic E-state index is -1.06. The van der Waals surface area contributed by atoms with Crippen molar-refractivity contribution in [1.82, 2.24) is 9.97 Å². The molecule has 2 aromatic heterocycles. The molecule has 0 fully saturated rings. The van der Waals surface area contributed by atoms with Crippen molar-refractivity contribution in [2.45, 2.75) is 19.4 Å². The first kappa shape index (κ1) is 13.3. The fourth-order valence-corrected chi connectivity index (χ4v) is 2.44. The molecule has 0 bridgehead atoms. The average Bonchev–Trinajstić information content (AvgIpc) is 2.90. The van der Waals surface area contributed by atoms with Crippen molar-refractivity contribution in [3.63, 3.8) is 0 Å². The zero-order valence-electron chi connectivity index (χ0n) is 10.3. The van der Waals surface area contributed by atoms with Gasteiger partial charge in [-0.25, -0.2) is 14.8 Å². The molecule has 0 saturated carbocycles. The third-order valence-electron chi connectivity index (χ3n) is 2.61. The predicted molar refractivity (Wildman–Crippen MR) is 74.4 cm³/mol. The number of nitrogens with zero attached hydrogens (tertiary/aromatic N) is 2. The molecule has 1 unspecified atom stereocenters. The number of carboxylic acids is 1. The zero-order chi connectivity index (χ0) is 13.8. The SMILES string of the molecule is CCC(Nc1ncc(N)cc1C(=O)O)c1nccs1. The van der Waals surface area contributed by atoms with Crippen LogP contribution in [0, 0.1) is 0 Å². The third-order valence-corrected chi connectivity index (χ3v) is 3.50. The van der Waals surface area contributed by atoms with Crippen molar-refractivity contribution in [2.24, 2.45) is 0 Å². The van der Waals surface area contributed by atoms with Gasteiger partial charge in [0, 0.05) is 11.6 Å². The van der Waals surface area contributed by atoms with E-state index in [1.807, 2.05) is 12.3 Å². The van der Waals surface area contributed by atoms with E-state index in [2.05, 4.69) is 15.3 Å². The second-order valence-corrected chi connectivity index (χ2v) is 4.87. The highest BCUT2D eigenvalue weighted by Gasteiger charge is 2.17. The van der Waals surface area contributed by atoms with Gasteiger partial charge in [0.25, 0.3) is 0 Å². The van der Waals surface area contributed by atoms with Crippen LogP contribution in [-0.4, -0.2) is 21.0 Å². The summed E-state index contributed by atoms with van der Waals surface area (Å²) in [6.45, 7) is 2.00. The fourth-order valence-electron chi connectivity index (χ4n) is 1.67. The summed E-state index contributed by atoms with van der Waals surface area (Å²) >= 11 is 1.52. The van der Waals surface area contributed by atoms with Gasteiger partial charge in [-0.1, -0.05) is 6.92 Å². The molecular formula is C12H14N4O2S. The lowest BCUT2D eigenvalue weighted by Gasteiger charge is -2.16. The first-order valence-electron chi connectivity index (χ1n) is 5.76. The Kier molecular flexibility index (Phi) is 3.96. The molecule has 0 aliphatic carbocycles. The summed E-state index contributed by atoms with van der Waals surface area (Å²) < 4.78 is 0. The molecule has 0 radical (unpaired) electrons. The van der Waals surface area contributed by atoms with E-state index in [4.69, 9.17) is 10.8 Å². The first-order valence-corrected chi connectivity index (χ1v) is 6.64. The van der Waals surface area contributed by atoms with Gasteiger partial charge in [-0.15, -0.1) is 11.3 Å². The van der Waals surface area contributed by atoms with E-state index >= 15 is 0 Å². The molecule has 0 aromatic carbocycles. The minimum absolute atomic E-state index is 0.0609. The van der Waals surface area contributed by atoms with Crippen LogP contribution in [0.2, 0.25) is 0 Å². The molecule has 2 rings (SSSR count). The Hall–Kier alpha value is -2.15. The lowest BCUT2D eigenvalue weighted by Crippen LogP contribution is -2.14. The number of hydrogen-bond donors (Lipinski definition) is 3. The lowest BCUT2D eigenvalue weighted by atomic mass is 10.2. The van der Waals surface area contributed by atoms with Crippen LogP contribution in [0.3, 0.4) is 0 Å². The van der Waals surface area contributed by atoms with Gasteiger partial charge in [0.15, 0.2) is 0 Å². The van der Waals surface area contributed by atoms with Gasteiger partial charge in [0.2, 0.25) is 0 Å². The van der Waals surface area contributed by atoms with E-state index in [9.17, 15) is 4.79 Å². The summed E-state index contributed by atoms with van der Waals surface area (Å²) in [5.41, 5.74) is 5.95. The number of anilines is 2. The highest BCUT2D eigenvalue weighted by atomic mass is 32.1. The van der Waals surface area contributed by atoms with Crippen LogP contribution in [0.15, 0.2) is 23.8 Å². The molecule has 7 heteroatoms. The average molecular weight is 278 g/mol. The van der Waals surface area contributed by atoms with Crippen molar-refractivity contribution in [2.75, 3.05) is 11.1 Å². The maximum atomic E-state index is 11.2. The normalized spacial score (nSPS) is 12.1. The Morgan fingerprint density at radius 1 is 1.58 bits per heavy atom. The van der Waals surface area contributed by atoms with E-state index in [0.717, 1.165) is 11.4 Å². The number of hydrogen-bond acceptors (Lipinski definition) is 6. The molecule has 0 aliphatic heterocycles. The highest BCUT2D eigenvalue weighted by molar-refractivity contribution is 7.09. The largest absolute Gasteiger partial charge is 0.478 e. The number of nitrogens with one attached hydrogen (secondary N) is 1. The van der Waals surface area contributed by atoms with Crippen molar-refractivity contribution in [3.05, 3.63) is 34.4 Å². The van der Waals surface area contributed by atoms with Gasteiger partial charge in [0.1, 0.15) is 16.4 Å². The number of thiazole rings is 1. The van der Waals surface area contributed by atoms with Crippen molar-refractivity contribution in [1.29, 1.82) is 0 Å². The van der Waals surface area contributed by atoms with E-state index in [1.54, 1.807) is 6.20 Å². The Bertz CT molecular complexity index is 571. The van der Waals surface area contributed by atoms with E-state index in [-0.39, 0.29) is 11.6 Å². The van der Waals surface area contributed by atoms with Gasteiger partial charge in [0.05, 0.1) is 17.9 Å². The summed E-state index contributed by atoms with van der Waals surface area (Å²) in [6.07, 6.45) is 3.93. The molecule has 1 atom stereocenters. The minimum Gasteiger partial charge on any atom is -0.478 e. The molecule has 0 aliphatic rings. The van der Waals surface area contributed by atoms with Crippen LogP contribution < -0.4 is 11.1 Å². The summed E-state index contributed by atoms with van der Waals surface area (Å²) in [5, 5.41) is 15.0. The maximum absolute atomic E-state index is 11.2. The lowest BCUT2D eigenvalue weighted by molar-refractivity contribution is 0.0697. The fraction of sp³-hybridized carbons (Fsp3) is 0.250. The number of carbonyl (C=O) groups is 1. The van der Waals surface area contributed by atoms with Crippen LogP contribution >= 0.6 is 11.3 Å². The quantitative estimate of drug-likeness (QED) is 0.776. The highest BCUT2D eigenvalue weighted by Crippen LogP contribution is 2.25. The Morgan fingerprint density at radius 3 is 2.95 bits per heavy atom. The number of aromatic carboxylic acids is 1. The van der Waals surface area contributed by atoms with Crippen LogP contribution in [0.5, 0.6) is 0 Å². The second kappa shape index (κ2) is 5.66. The van der Waals surface area contributed by atoms with E-state index < -0.39 is 5.97 Å². The summed E-state index contributed by atoms with van der Waals surface area (Å²) in [7, 11) is 0. The molecule has 0 spiro atoms. The number of nitrogens with two attached hydrogens (primary N) is 1. The monoisotopic (exact) mass is 278 g/mol. The Balaban J connectivity index is 2.29. The van der Waals surface area contributed by atoms with Gasteiger partial charge in [-0.3, -0.25) is 0 Å². The molecule has 100 valence electrons. The molecule has 19 heavy (non-hydrogen) atoms. The van der Waals surface area contributed by atoms with Gasteiger partial charge >= 0.3 is 5.97 Å². The van der Waals surface area contributed by atoms with E-state index in [0.29, 0.717) is 11.5 Å². The maximum Gasteiger partial charge on any atom is 0.339 e. The summed E-state index contributed by atoms with van der Waals surface area (Å²) in [4.78, 5) is 19.5. The Labute approximate surface area is 114 Å². The van der Waals surface area contributed by atoms with Crippen molar-refractivity contribution in [3.8, 4) is 0 Å². The number of rotatable bonds is 5. The van der Waals surface area contributed by atoms with Crippen LogP contribution in [-0.2, 0) is 0 Å². The van der Waals surface area contributed by atoms with Crippen LogP contribution in [0.25, 0.3) is 0 Å². The number of carboxylic acid groups (broad SMARTS) is 1. The molecule has 2 heterocycles. The van der Waals surface area contributed by atoms with E-state index in [1.165, 1.54) is 23.6 Å². The van der Waals surface area contributed by atoms with Gasteiger partial charge in [-0.2, -0.15) is 0 Å². The molecule has 2 aromatic rings. The van der Waals surface area contributed by atoms with Crippen molar-refractivity contribution < 1.29 is 9.90 Å². The number of aromatic nitrogens is 2. The van der Waals surface area contributed by atoms with Gasteiger partial charge < -0.3 is 16.2 Å². The predicted octanol–water partition coefficient (Wildman–Crippen LogP) is 2.38. The summed E-state index contributed by atoms with van der Waals surface area (Å²) in [6, 6.07) is 1.33. The standard InChI is InChI=1S/C12H14N4O2S/c1-2-9(11-14-3-4-19-11)16-10-8(12(17)18)5-7(13)6-15-10/h3-6,9H,2,13H2,1H3,(H,15,16)(H,17,18). The number of pyridine rings is 1. The smallest absolute Gasteiger partial charge is 0.339 e. The first-order chi connectivity index (χ1) is 9.11. The molecule has 0 amide bonds. The molecule has 4 N–H and O–H groups in total.